The summed E-state index contributed by atoms with van der Waals surface area (Å²) in [5.41, 5.74) is 2.75. The van der Waals surface area contributed by atoms with E-state index in [2.05, 4.69) is 19.2 Å². The van der Waals surface area contributed by atoms with E-state index in [0.29, 0.717) is 5.75 Å². The van der Waals surface area contributed by atoms with Gasteiger partial charge < -0.3 is 10.4 Å². The lowest BCUT2D eigenvalue weighted by atomic mass is 9.88. The molecule has 0 fully saturated rings. The molecule has 0 aromatic heterocycles. The number of hydrogen-bond donors (Lipinski definition) is 2. The molecule has 0 saturated carbocycles. The molecular weight excluding hydrogens is 162 g/mol. The summed E-state index contributed by atoms with van der Waals surface area (Å²) in [6.45, 7) is 5.25. The maximum absolute atomic E-state index is 9.29. The van der Waals surface area contributed by atoms with Crippen LogP contribution < -0.4 is 5.32 Å². The van der Waals surface area contributed by atoms with Crippen LogP contribution in [0.1, 0.15) is 25.0 Å². The summed E-state index contributed by atoms with van der Waals surface area (Å²) in [6, 6.07) is 5.63. The van der Waals surface area contributed by atoms with E-state index in [1.165, 1.54) is 11.1 Å². The molecule has 0 spiro atoms. The van der Waals surface area contributed by atoms with E-state index in [1.54, 1.807) is 6.07 Å². The highest BCUT2D eigenvalue weighted by Gasteiger charge is 2.23. The number of fused-ring (bicyclic) bond motifs is 1. The van der Waals surface area contributed by atoms with Crippen molar-refractivity contribution in [2.45, 2.75) is 32.4 Å². The van der Waals surface area contributed by atoms with E-state index < -0.39 is 0 Å². The zero-order chi connectivity index (χ0) is 9.47. The fourth-order valence-corrected chi connectivity index (χ4v) is 1.82. The lowest BCUT2D eigenvalue weighted by Gasteiger charge is -2.32. The Bertz CT molecular complexity index is 331. The van der Waals surface area contributed by atoms with E-state index in [-0.39, 0.29) is 5.54 Å². The number of phenols is 1. The van der Waals surface area contributed by atoms with Gasteiger partial charge in [-0.1, -0.05) is 6.07 Å². The van der Waals surface area contributed by atoms with Crippen LogP contribution in [-0.4, -0.2) is 10.6 Å². The van der Waals surface area contributed by atoms with Gasteiger partial charge in [0.2, 0.25) is 0 Å². The van der Waals surface area contributed by atoms with Gasteiger partial charge in [0.25, 0.3) is 0 Å². The molecule has 0 radical (unpaired) electrons. The van der Waals surface area contributed by atoms with E-state index in [9.17, 15) is 5.11 Å². The minimum atomic E-state index is 0.184. The highest BCUT2D eigenvalue weighted by Crippen LogP contribution is 2.25. The lowest BCUT2D eigenvalue weighted by molar-refractivity contribution is 0.361. The summed E-state index contributed by atoms with van der Waals surface area (Å²) in [5.74, 6) is 0.361. The van der Waals surface area contributed by atoms with Crippen LogP contribution >= 0.6 is 0 Å². The molecular formula is C11H15NO. The molecule has 0 aliphatic carbocycles. The predicted molar refractivity (Wildman–Crippen MR) is 52.7 cm³/mol. The minimum Gasteiger partial charge on any atom is -0.508 e. The van der Waals surface area contributed by atoms with Gasteiger partial charge >= 0.3 is 0 Å². The van der Waals surface area contributed by atoms with Crippen molar-refractivity contribution < 1.29 is 5.11 Å². The molecule has 13 heavy (non-hydrogen) atoms. The van der Waals surface area contributed by atoms with Crippen LogP contribution in [0.5, 0.6) is 5.75 Å². The molecule has 1 aromatic carbocycles. The SMILES string of the molecule is CC1(C)Cc2ccc(O)cc2CN1. The predicted octanol–water partition coefficient (Wildman–Crippen LogP) is 1.82. The smallest absolute Gasteiger partial charge is 0.115 e. The Morgan fingerprint density at radius 2 is 2.08 bits per heavy atom. The molecule has 0 saturated heterocycles. The second-order valence-electron chi connectivity index (χ2n) is 4.37. The number of nitrogens with one attached hydrogen (secondary N) is 1. The summed E-state index contributed by atoms with van der Waals surface area (Å²) in [5, 5.41) is 12.7. The van der Waals surface area contributed by atoms with Gasteiger partial charge in [0.15, 0.2) is 0 Å². The molecule has 2 heteroatoms. The van der Waals surface area contributed by atoms with Crippen molar-refractivity contribution in [2.24, 2.45) is 0 Å². The Hall–Kier alpha value is -1.02. The molecule has 70 valence electrons. The minimum absolute atomic E-state index is 0.184. The summed E-state index contributed by atoms with van der Waals surface area (Å²) in [7, 11) is 0. The number of rotatable bonds is 0. The van der Waals surface area contributed by atoms with Gasteiger partial charge in [0.05, 0.1) is 0 Å². The van der Waals surface area contributed by atoms with Crippen molar-refractivity contribution in [3.8, 4) is 5.75 Å². The van der Waals surface area contributed by atoms with Crippen molar-refractivity contribution in [1.29, 1.82) is 0 Å². The van der Waals surface area contributed by atoms with Gasteiger partial charge in [-0.05, 0) is 43.5 Å². The van der Waals surface area contributed by atoms with E-state index in [0.717, 1.165) is 13.0 Å². The number of phenolic OH excluding ortho intramolecular Hbond substituents is 1. The number of aromatic hydroxyl groups is 1. The fraction of sp³-hybridized carbons (Fsp3) is 0.455. The third-order valence-electron chi connectivity index (χ3n) is 2.58. The molecule has 2 nitrogen and oxygen atoms in total. The van der Waals surface area contributed by atoms with Crippen LogP contribution in [0.15, 0.2) is 18.2 Å². The molecule has 0 unspecified atom stereocenters. The summed E-state index contributed by atoms with van der Waals surface area (Å²) in [4.78, 5) is 0. The fourth-order valence-electron chi connectivity index (χ4n) is 1.82. The Balaban J connectivity index is 2.37. The molecule has 2 rings (SSSR count). The highest BCUT2D eigenvalue weighted by atomic mass is 16.3. The molecule has 1 aromatic rings. The van der Waals surface area contributed by atoms with Crippen LogP contribution in [-0.2, 0) is 13.0 Å². The average Bonchev–Trinajstić information content (AvgIpc) is 2.05. The van der Waals surface area contributed by atoms with Gasteiger partial charge in [0.1, 0.15) is 5.75 Å². The van der Waals surface area contributed by atoms with E-state index in [1.807, 2.05) is 12.1 Å². The van der Waals surface area contributed by atoms with Crippen molar-refractivity contribution in [3.63, 3.8) is 0 Å². The average molecular weight is 177 g/mol. The first-order valence-electron chi connectivity index (χ1n) is 4.63. The maximum Gasteiger partial charge on any atom is 0.115 e. The number of hydrogen-bond acceptors (Lipinski definition) is 2. The van der Waals surface area contributed by atoms with Gasteiger partial charge in [-0.3, -0.25) is 0 Å². The van der Waals surface area contributed by atoms with Crippen molar-refractivity contribution in [1.82, 2.24) is 5.32 Å². The molecule has 0 bridgehead atoms. The Morgan fingerprint density at radius 1 is 1.31 bits per heavy atom. The first-order valence-corrected chi connectivity index (χ1v) is 4.63. The largest absolute Gasteiger partial charge is 0.508 e. The first kappa shape index (κ1) is 8.57. The van der Waals surface area contributed by atoms with Crippen LogP contribution in [0.4, 0.5) is 0 Å². The molecule has 1 aliphatic heterocycles. The third kappa shape index (κ3) is 1.68. The molecule has 1 heterocycles. The van der Waals surface area contributed by atoms with Crippen LogP contribution in [0, 0.1) is 0 Å². The monoisotopic (exact) mass is 177 g/mol. The molecule has 2 N–H and O–H groups in total. The normalized spacial score (nSPS) is 19.5. The maximum atomic E-state index is 9.29. The Labute approximate surface area is 78.6 Å². The summed E-state index contributed by atoms with van der Waals surface area (Å²) >= 11 is 0. The quantitative estimate of drug-likeness (QED) is 0.633. The van der Waals surface area contributed by atoms with E-state index >= 15 is 0 Å². The second kappa shape index (κ2) is 2.74. The third-order valence-corrected chi connectivity index (χ3v) is 2.58. The summed E-state index contributed by atoms with van der Waals surface area (Å²) in [6.07, 6.45) is 1.03. The van der Waals surface area contributed by atoms with Gasteiger partial charge in [-0.25, -0.2) is 0 Å². The Morgan fingerprint density at radius 3 is 2.85 bits per heavy atom. The number of benzene rings is 1. The standard InChI is InChI=1S/C11H15NO/c1-11(2)6-8-3-4-10(13)5-9(8)7-12-11/h3-5,12-13H,6-7H2,1-2H3. The van der Waals surface area contributed by atoms with Gasteiger partial charge in [0, 0.05) is 12.1 Å². The van der Waals surface area contributed by atoms with E-state index in [4.69, 9.17) is 0 Å². The first-order chi connectivity index (χ1) is 6.07. The Kier molecular flexibility index (Phi) is 1.81. The lowest BCUT2D eigenvalue weighted by Crippen LogP contribution is -2.44. The highest BCUT2D eigenvalue weighted by molar-refractivity contribution is 5.37. The zero-order valence-corrected chi connectivity index (χ0v) is 8.09. The molecule has 0 amide bonds. The van der Waals surface area contributed by atoms with Gasteiger partial charge in [-0.15, -0.1) is 0 Å². The van der Waals surface area contributed by atoms with Crippen molar-refractivity contribution in [2.75, 3.05) is 0 Å². The topological polar surface area (TPSA) is 32.3 Å². The second-order valence-corrected chi connectivity index (χ2v) is 4.37. The van der Waals surface area contributed by atoms with Crippen molar-refractivity contribution >= 4 is 0 Å². The van der Waals surface area contributed by atoms with Gasteiger partial charge in [-0.2, -0.15) is 0 Å². The summed E-state index contributed by atoms with van der Waals surface area (Å²) < 4.78 is 0. The zero-order valence-electron chi connectivity index (χ0n) is 8.09. The molecule has 1 aliphatic rings. The molecule has 0 atom stereocenters. The van der Waals surface area contributed by atoms with Crippen LogP contribution in [0.25, 0.3) is 0 Å². The van der Waals surface area contributed by atoms with Crippen LogP contribution in [0.3, 0.4) is 0 Å². The van der Waals surface area contributed by atoms with Crippen LogP contribution in [0.2, 0.25) is 0 Å². The van der Waals surface area contributed by atoms with Crippen molar-refractivity contribution in [3.05, 3.63) is 29.3 Å².